The summed E-state index contributed by atoms with van der Waals surface area (Å²) in [5, 5.41) is 27.9. The zero-order chi connectivity index (χ0) is 61.1. The number of benzene rings is 3. The van der Waals surface area contributed by atoms with Gasteiger partial charge < -0.3 is 49.3 Å². The monoisotopic (exact) mass is 1200 g/mol. The van der Waals surface area contributed by atoms with Crippen molar-refractivity contribution in [2.45, 2.75) is 181 Å². The van der Waals surface area contributed by atoms with Crippen LogP contribution in [-0.4, -0.2) is 103 Å². The molecule has 3 fully saturated rings. The number of amides is 2. The Hall–Kier alpha value is -6.14. The highest BCUT2D eigenvalue weighted by Crippen LogP contribution is 2.41. The number of pyridine rings is 1. The number of nitrogens with one attached hydrogen (secondary N) is 2. The largest absolute Gasteiger partial charge is 0.481 e. The van der Waals surface area contributed by atoms with E-state index in [1.54, 1.807) is 33.5 Å². The standard InChI is InChI=1S/C26H34N2O5.C17H20BrNO2.C12H20O3.C10H16O3/c1-17(27-24(31)33-25(2,3)4)21-9-8-19-7-6-18(16-22(19)28-21)10-13-26(23(29)30)14-11-20(32-5)12-15-26;1-11(19-16(20)21-17(2,3)4)13-6-5-12-7-8-15(18)10-14(12)9-13;1-4-12(11(13)15-5-2)8-6-10(14-3)7-9-12;1-3-10(9(11)12)6-4-8(13-2)5-7-10/h6-10,13,16-17,20H,11-12,14-15H2,1-5H3,(H,27,31)(H,29,30);5-11H,1-4H3,(H,19,20);4,10H,1,5-9H2,2-3H3;3,8H,1,4-7H2,2H3,(H,11,12)/b13-10+;;;. The molecule has 4 aromatic rings. The number of rotatable bonds is 15. The highest BCUT2D eigenvalue weighted by molar-refractivity contribution is 9.10. The zero-order valence-corrected chi connectivity index (χ0v) is 51.9. The minimum absolute atomic E-state index is 0.108. The number of fused-ring (bicyclic) bond motifs is 2. The molecule has 4 N–H and O–H groups in total. The number of carboxylic acids is 2. The van der Waals surface area contributed by atoms with E-state index in [2.05, 4.69) is 64.0 Å². The lowest BCUT2D eigenvalue weighted by molar-refractivity contribution is -0.155. The smallest absolute Gasteiger partial charge is 0.408 e. The first kappa shape index (κ1) is 68.4. The Labute approximate surface area is 494 Å². The van der Waals surface area contributed by atoms with E-state index in [0.29, 0.717) is 32.3 Å². The first-order valence-corrected chi connectivity index (χ1v) is 29.2. The quantitative estimate of drug-likeness (QED) is 0.0495. The number of esters is 1. The Kier molecular flexibility index (Phi) is 25.8. The van der Waals surface area contributed by atoms with Gasteiger partial charge in [-0.25, -0.2) is 9.59 Å². The van der Waals surface area contributed by atoms with Gasteiger partial charge in [-0.3, -0.25) is 19.4 Å². The lowest BCUT2D eigenvalue weighted by atomic mass is 9.72. The molecule has 2 amide bonds. The Balaban J connectivity index is 0.000000253. The van der Waals surface area contributed by atoms with E-state index in [-0.39, 0.29) is 36.4 Å². The summed E-state index contributed by atoms with van der Waals surface area (Å²) in [6.45, 7) is 24.5. The van der Waals surface area contributed by atoms with Gasteiger partial charge in [0.05, 0.1) is 64.5 Å². The molecule has 0 bridgehead atoms. The molecule has 16 nitrogen and oxygen atoms in total. The summed E-state index contributed by atoms with van der Waals surface area (Å²) in [5.41, 5.74) is 0.330. The fourth-order valence-electron chi connectivity index (χ4n) is 10.1. The van der Waals surface area contributed by atoms with Crippen molar-refractivity contribution in [1.82, 2.24) is 15.6 Å². The predicted octanol–water partition coefficient (Wildman–Crippen LogP) is 14.8. The Morgan fingerprint density at radius 3 is 1.55 bits per heavy atom. The number of methoxy groups -OCH3 is 3. The summed E-state index contributed by atoms with van der Waals surface area (Å²) in [5.74, 6) is -1.68. The van der Waals surface area contributed by atoms with Gasteiger partial charge in [0.2, 0.25) is 0 Å². The van der Waals surface area contributed by atoms with E-state index in [9.17, 15) is 29.1 Å². The Morgan fingerprint density at radius 1 is 0.634 bits per heavy atom. The lowest BCUT2D eigenvalue weighted by Gasteiger charge is -2.35. The topological polar surface area (TPSA) is 218 Å². The molecular formula is C65H90BrN3O13. The fourth-order valence-corrected chi connectivity index (χ4v) is 10.5. The highest BCUT2D eigenvalue weighted by atomic mass is 79.9. The first-order valence-electron chi connectivity index (χ1n) is 28.4. The number of hydrogen-bond acceptors (Lipinski definition) is 12. The molecule has 0 aliphatic heterocycles. The molecule has 1 aromatic heterocycles. The third kappa shape index (κ3) is 20.3. The number of nitrogens with zero attached hydrogens (tertiary/aromatic N) is 1. The number of carbonyl (C=O) groups is 5. The van der Waals surface area contributed by atoms with Crippen molar-refractivity contribution in [3.05, 3.63) is 119 Å². The van der Waals surface area contributed by atoms with Crippen molar-refractivity contribution in [3.63, 3.8) is 0 Å². The molecule has 1 heterocycles. The van der Waals surface area contributed by atoms with Gasteiger partial charge >= 0.3 is 30.1 Å². The lowest BCUT2D eigenvalue weighted by Crippen LogP contribution is -2.37. The van der Waals surface area contributed by atoms with Gasteiger partial charge in [0.15, 0.2) is 0 Å². The number of carbonyl (C=O) groups excluding carboxylic acids is 3. The minimum atomic E-state index is -0.870. The van der Waals surface area contributed by atoms with Gasteiger partial charge in [-0.2, -0.15) is 0 Å². The SMILES string of the molecule is C=CC1(C(=O)O)CCC(OC)CC1.C=CC1(C(=O)OCC)CCC(OC)CC1.CC(NC(=O)OC(C)(C)C)c1ccc2ccc(Br)cc2c1.COC1CCC(/C=C/c2ccc3ccc(C(C)NC(=O)OC(C)(C)C)nc3c2)(C(=O)O)CC1. The molecule has 3 saturated carbocycles. The third-order valence-electron chi connectivity index (χ3n) is 15.4. The summed E-state index contributed by atoms with van der Waals surface area (Å²) < 4.78 is 32.6. The molecule has 0 saturated heterocycles. The van der Waals surface area contributed by atoms with E-state index >= 15 is 0 Å². The second-order valence-corrected chi connectivity index (χ2v) is 24.4. The summed E-state index contributed by atoms with van der Waals surface area (Å²) >= 11 is 3.48. The second kappa shape index (κ2) is 31.0. The van der Waals surface area contributed by atoms with Gasteiger partial charge in [-0.05, 0) is 192 Å². The fraction of sp³-hybridized carbons (Fsp3) is 0.538. The van der Waals surface area contributed by atoms with Crippen LogP contribution in [-0.2, 0) is 42.8 Å². The third-order valence-corrected chi connectivity index (χ3v) is 15.9. The van der Waals surface area contributed by atoms with Gasteiger partial charge in [0.25, 0.3) is 0 Å². The number of hydrogen-bond donors (Lipinski definition) is 4. The van der Waals surface area contributed by atoms with Gasteiger partial charge in [0, 0.05) is 31.2 Å². The average molecular weight is 1200 g/mol. The van der Waals surface area contributed by atoms with E-state index < -0.39 is 51.6 Å². The van der Waals surface area contributed by atoms with Crippen molar-refractivity contribution >= 4 is 73.8 Å². The van der Waals surface area contributed by atoms with Crippen LogP contribution in [0.3, 0.4) is 0 Å². The van der Waals surface area contributed by atoms with Crippen LogP contribution in [0.2, 0.25) is 0 Å². The number of carboxylic acid groups (broad SMARTS) is 2. The van der Waals surface area contributed by atoms with Gasteiger partial charge in [-0.15, -0.1) is 13.2 Å². The van der Waals surface area contributed by atoms with Crippen molar-refractivity contribution < 1.29 is 62.6 Å². The molecule has 2 atom stereocenters. The molecule has 3 aromatic carbocycles. The van der Waals surface area contributed by atoms with Crippen LogP contribution in [0, 0.1) is 16.2 Å². The number of halogens is 1. The van der Waals surface area contributed by atoms with E-state index in [1.807, 2.05) is 117 Å². The van der Waals surface area contributed by atoms with Crippen molar-refractivity contribution in [2.75, 3.05) is 27.9 Å². The average Bonchev–Trinajstić information content (AvgIpc) is 3.43. The summed E-state index contributed by atoms with van der Waals surface area (Å²) in [7, 11) is 5.07. The van der Waals surface area contributed by atoms with Crippen LogP contribution in [0.5, 0.6) is 0 Å². The van der Waals surface area contributed by atoms with Crippen LogP contribution < -0.4 is 10.6 Å². The maximum absolute atomic E-state index is 12.1. The van der Waals surface area contributed by atoms with Crippen molar-refractivity contribution in [1.29, 1.82) is 0 Å². The molecule has 3 aliphatic carbocycles. The van der Waals surface area contributed by atoms with Crippen LogP contribution in [0.15, 0.2) is 103 Å². The molecule has 450 valence electrons. The summed E-state index contributed by atoms with van der Waals surface area (Å²) in [6.07, 6.45) is 15.6. The predicted molar refractivity (Wildman–Crippen MR) is 325 cm³/mol. The zero-order valence-electron chi connectivity index (χ0n) is 50.4. The van der Waals surface area contributed by atoms with Crippen LogP contribution in [0.4, 0.5) is 9.59 Å². The molecule has 82 heavy (non-hydrogen) atoms. The van der Waals surface area contributed by atoms with Crippen LogP contribution >= 0.6 is 15.9 Å². The van der Waals surface area contributed by atoms with Gasteiger partial charge in [-0.1, -0.05) is 76.6 Å². The minimum Gasteiger partial charge on any atom is -0.481 e. The highest BCUT2D eigenvalue weighted by Gasteiger charge is 2.42. The number of alkyl carbamates (subject to hydrolysis) is 2. The number of ether oxygens (including phenoxy) is 6. The molecular weight excluding hydrogens is 1110 g/mol. The summed E-state index contributed by atoms with van der Waals surface area (Å²) in [4.78, 5) is 63.5. The maximum Gasteiger partial charge on any atom is 0.408 e. The second-order valence-electron chi connectivity index (χ2n) is 23.5. The molecule has 3 aliphatic rings. The van der Waals surface area contributed by atoms with E-state index in [0.717, 1.165) is 88.9 Å². The Morgan fingerprint density at radius 2 is 1.09 bits per heavy atom. The molecule has 0 radical (unpaired) electrons. The Bertz CT molecular complexity index is 2810. The molecule has 7 rings (SSSR count). The maximum atomic E-state index is 12.1. The van der Waals surface area contributed by atoms with E-state index in [4.69, 9.17) is 38.5 Å². The van der Waals surface area contributed by atoms with Crippen molar-refractivity contribution in [3.8, 4) is 0 Å². The first-order chi connectivity index (χ1) is 38.6. The number of aliphatic carboxylic acids is 2. The van der Waals surface area contributed by atoms with Crippen molar-refractivity contribution in [2.24, 2.45) is 16.2 Å². The molecule has 2 unspecified atom stereocenters. The van der Waals surface area contributed by atoms with Gasteiger partial charge in [0.1, 0.15) is 11.2 Å². The van der Waals surface area contributed by atoms with Crippen LogP contribution in [0.1, 0.15) is 168 Å². The molecule has 0 spiro atoms. The number of aromatic nitrogens is 1. The summed E-state index contributed by atoms with van der Waals surface area (Å²) in [6, 6.07) is 21.6. The normalized spacial score (nSPS) is 23.4. The van der Waals surface area contributed by atoms with E-state index in [1.165, 1.54) is 5.39 Å². The van der Waals surface area contributed by atoms with Crippen LogP contribution in [0.25, 0.3) is 27.8 Å². The molecule has 17 heteroatoms.